The third-order valence-electron chi connectivity index (χ3n) is 6.64. The van der Waals surface area contributed by atoms with Crippen LogP contribution in [0.1, 0.15) is 79.3 Å². The highest BCUT2D eigenvalue weighted by Crippen LogP contribution is 2.47. The summed E-state index contributed by atoms with van der Waals surface area (Å²) in [6.45, 7) is 2.20. The second-order valence-corrected chi connectivity index (χ2v) is 9.33. The summed E-state index contributed by atoms with van der Waals surface area (Å²) in [4.78, 5) is 12.6. The summed E-state index contributed by atoms with van der Waals surface area (Å²) in [6, 6.07) is 3.66. The Kier molecular flexibility index (Phi) is 6.93. The number of aryl methyl sites for hydroxylation is 1. The first-order chi connectivity index (χ1) is 13.0. The van der Waals surface area contributed by atoms with Crippen LogP contribution >= 0.6 is 11.3 Å². The molecule has 4 heteroatoms. The minimum absolute atomic E-state index is 0.184. The normalized spacial score (nSPS) is 22.6. The van der Waals surface area contributed by atoms with Crippen molar-refractivity contribution in [3.8, 4) is 0 Å². The first-order valence-corrected chi connectivity index (χ1v) is 11.2. The minimum atomic E-state index is -0.827. The van der Waals surface area contributed by atoms with Crippen molar-refractivity contribution in [3.63, 3.8) is 0 Å². The summed E-state index contributed by atoms with van der Waals surface area (Å²) in [6.07, 6.45) is 17.6. The van der Waals surface area contributed by atoms with Gasteiger partial charge in [-0.2, -0.15) is 0 Å². The van der Waals surface area contributed by atoms with Gasteiger partial charge in [0.2, 0.25) is 0 Å². The zero-order valence-corrected chi connectivity index (χ0v) is 17.1. The highest BCUT2D eigenvalue weighted by molar-refractivity contribution is 7.13. The summed E-state index contributed by atoms with van der Waals surface area (Å²) in [5.41, 5.74) is 1.61. The SMILES string of the molecule is CCC1(C(O)CC=CC2=CCC[C@@H]2CCCc2ccc(C(=O)O)s2)CCC1. The Morgan fingerprint density at radius 1 is 1.41 bits per heavy atom. The van der Waals surface area contributed by atoms with Crippen molar-refractivity contribution in [1.29, 1.82) is 0 Å². The average Bonchev–Trinajstić information content (AvgIpc) is 3.24. The van der Waals surface area contributed by atoms with E-state index in [0.29, 0.717) is 10.8 Å². The van der Waals surface area contributed by atoms with Gasteiger partial charge in [0.1, 0.15) is 4.88 Å². The van der Waals surface area contributed by atoms with Gasteiger partial charge in [-0.25, -0.2) is 4.79 Å². The van der Waals surface area contributed by atoms with Crippen LogP contribution < -0.4 is 0 Å². The molecule has 27 heavy (non-hydrogen) atoms. The summed E-state index contributed by atoms with van der Waals surface area (Å²) in [5, 5.41) is 19.6. The minimum Gasteiger partial charge on any atom is -0.477 e. The third-order valence-corrected chi connectivity index (χ3v) is 7.78. The predicted octanol–water partition coefficient (Wildman–Crippen LogP) is 5.99. The molecule has 1 heterocycles. The van der Waals surface area contributed by atoms with Crippen LogP contribution in [-0.4, -0.2) is 22.3 Å². The van der Waals surface area contributed by atoms with E-state index in [0.717, 1.165) is 38.5 Å². The topological polar surface area (TPSA) is 57.5 Å². The molecule has 2 N–H and O–H groups in total. The molecular weight excluding hydrogens is 356 g/mol. The highest BCUT2D eigenvalue weighted by atomic mass is 32.1. The van der Waals surface area contributed by atoms with Crippen LogP contribution in [0.4, 0.5) is 0 Å². The first-order valence-electron chi connectivity index (χ1n) is 10.4. The molecule has 1 fully saturated rings. The Labute approximate surface area is 166 Å². The Hall–Kier alpha value is -1.39. The van der Waals surface area contributed by atoms with E-state index in [2.05, 4.69) is 25.2 Å². The Morgan fingerprint density at radius 3 is 2.85 bits per heavy atom. The van der Waals surface area contributed by atoms with E-state index in [-0.39, 0.29) is 11.5 Å². The molecule has 2 aliphatic rings. The standard InChI is InChI=1S/C23H32O3S/c1-2-23(15-6-16-23)21(24)12-5-10-18-8-3-7-17(18)9-4-11-19-13-14-20(27-19)22(25)26/h5,8,10,13-14,17,21,24H,2-4,6-7,9,11-12,15-16H2,1H3,(H,25,26)/t17-,21?/m1/s1. The lowest BCUT2D eigenvalue weighted by Crippen LogP contribution is -2.40. The number of aromatic carboxylic acids is 1. The van der Waals surface area contributed by atoms with Gasteiger partial charge in [0.05, 0.1) is 6.10 Å². The molecule has 1 unspecified atom stereocenters. The van der Waals surface area contributed by atoms with E-state index in [1.807, 2.05) is 6.07 Å². The van der Waals surface area contributed by atoms with Crippen molar-refractivity contribution in [2.75, 3.05) is 0 Å². The van der Waals surface area contributed by atoms with E-state index < -0.39 is 5.97 Å². The summed E-state index contributed by atoms with van der Waals surface area (Å²) >= 11 is 1.40. The maximum atomic E-state index is 11.0. The monoisotopic (exact) mass is 388 g/mol. The fourth-order valence-electron chi connectivity index (χ4n) is 4.59. The smallest absolute Gasteiger partial charge is 0.345 e. The lowest BCUT2D eigenvalue weighted by atomic mass is 9.63. The van der Waals surface area contributed by atoms with Gasteiger partial charge in [0.25, 0.3) is 0 Å². The van der Waals surface area contributed by atoms with Crippen molar-refractivity contribution in [2.45, 2.75) is 77.2 Å². The summed E-state index contributed by atoms with van der Waals surface area (Å²) < 4.78 is 0. The number of aliphatic hydroxyl groups excluding tert-OH is 1. The van der Waals surface area contributed by atoms with Gasteiger partial charge in [-0.3, -0.25) is 0 Å². The zero-order valence-electron chi connectivity index (χ0n) is 16.3. The maximum Gasteiger partial charge on any atom is 0.345 e. The number of hydrogen-bond donors (Lipinski definition) is 2. The summed E-state index contributed by atoms with van der Waals surface area (Å²) in [7, 11) is 0. The van der Waals surface area contributed by atoms with Crippen molar-refractivity contribution >= 4 is 17.3 Å². The van der Waals surface area contributed by atoms with E-state index in [9.17, 15) is 9.90 Å². The van der Waals surface area contributed by atoms with Crippen LogP contribution in [0.25, 0.3) is 0 Å². The van der Waals surface area contributed by atoms with Gasteiger partial charge >= 0.3 is 5.97 Å². The van der Waals surface area contributed by atoms with Gasteiger partial charge < -0.3 is 10.2 Å². The van der Waals surface area contributed by atoms with Crippen LogP contribution in [0.15, 0.2) is 35.9 Å². The van der Waals surface area contributed by atoms with Crippen LogP contribution in [0.3, 0.4) is 0 Å². The van der Waals surface area contributed by atoms with Crippen molar-refractivity contribution in [1.82, 2.24) is 0 Å². The number of thiophene rings is 1. The Balaban J connectivity index is 1.43. The molecule has 0 aromatic carbocycles. The molecule has 2 atom stereocenters. The summed E-state index contributed by atoms with van der Waals surface area (Å²) in [5.74, 6) is -0.215. The molecule has 1 saturated carbocycles. The van der Waals surface area contributed by atoms with Gasteiger partial charge in [-0.1, -0.05) is 31.6 Å². The van der Waals surface area contributed by atoms with Crippen molar-refractivity contribution in [3.05, 3.63) is 45.7 Å². The Morgan fingerprint density at radius 2 is 2.22 bits per heavy atom. The van der Waals surface area contributed by atoms with Crippen molar-refractivity contribution in [2.24, 2.45) is 11.3 Å². The molecule has 0 aliphatic heterocycles. The second-order valence-electron chi connectivity index (χ2n) is 8.17. The lowest BCUT2D eigenvalue weighted by molar-refractivity contribution is -0.0354. The molecule has 0 amide bonds. The first kappa shape index (κ1) is 20.3. The average molecular weight is 389 g/mol. The van der Waals surface area contributed by atoms with Crippen LogP contribution in [0.5, 0.6) is 0 Å². The molecule has 1 aromatic heterocycles. The highest BCUT2D eigenvalue weighted by Gasteiger charge is 2.40. The fraction of sp³-hybridized carbons (Fsp3) is 0.609. The predicted molar refractivity (Wildman–Crippen MR) is 111 cm³/mol. The van der Waals surface area contributed by atoms with Crippen LogP contribution in [-0.2, 0) is 6.42 Å². The largest absolute Gasteiger partial charge is 0.477 e. The number of carboxylic acids is 1. The number of carbonyl (C=O) groups is 1. The quantitative estimate of drug-likeness (QED) is 0.517. The maximum absolute atomic E-state index is 11.0. The molecule has 0 bridgehead atoms. The molecule has 148 valence electrons. The third kappa shape index (κ3) is 4.91. The van der Waals surface area contributed by atoms with Crippen LogP contribution in [0, 0.1) is 11.3 Å². The number of aliphatic hydroxyl groups is 1. The molecule has 3 rings (SSSR count). The van der Waals surface area contributed by atoms with E-state index in [1.165, 1.54) is 47.5 Å². The molecule has 0 radical (unpaired) electrons. The van der Waals surface area contributed by atoms with Gasteiger partial charge in [0, 0.05) is 4.88 Å². The number of carboxylic acid groups (broad SMARTS) is 1. The van der Waals surface area contributed by atoms with Crippen LogP contribution in [0.2, 0.25) is 0 Å². The molecule has 1 aromatic rings. The Bertz CT molecular complexity index is 691. The number of allylic oxidation sites excluding steroid dienone is 3. The van der Waals surface area contributed by atoms with E-state index >= 15 is 0 Å². The van der Waals surface area contributed by atoms with Gasteiger partial charge in [-0.05, 0) is 86.8 Å². The van der Waals surface area contributed by atoms with Gasteiger partial charge in [0.15, 0.2) is 0 Å². The zero-order chi connectivity index (χ0) is 19.3. The molecule has 3 nitrogen and oxygen atoms in total. The number of hydrogen-bond acceptors (Lipinski definition) is 3. The lowest BCUT2D eigenvalue weighted by Gasteiger charge is -2.45. The van der Waals surface area contributed by atoms with Gasteiger partial charge in [-0.15, -0.1) is 11.3 Å². The van der Waals surface area contributed by atoms with E-state index in [4.69, 9.17) is 5.11 Å². The molecular formula is C23H32O3S. The fourth-order valence-corrected chi connectivity index (χ4v) is 5.47. The molecule has 2 aliphatic carbocycles. The number of rotatable bonds is 10. The van der Waals surface area contributed by atoms with E-state index in [1.54, 1.807) is 6.07 Å². The molecule has 0 spiro atoms. The second kappa shape index (κ2) is 9.20. The molecule has 0 saturated heterocycles. The van der Waals surface area contributed by atoms with Crippen molar-refractivity contribution < 1.29 is 15.0 Å².